The highest BCUT2D eigenvalue weighted by Crippen LogP contribution is 2.40. The fraction of sp³-hybridized carbons (Fsp3) is 0.833. The van der Waals surface area contributed by atoms with Gasteiger partial charge in [0.05, 0.1) is 0 Å². The molecule has 1 saturated carbocycles. The molecule has 0 unspecified atom stereocenters. The zero-order valence-corrected chi connectivity index (χ0v) is 8.88. The zero-order chi connectivity index (χ0) is 10.1. The maximum Gasteiger partial charge on any atom is 0.128 e. The molecule has 1 N–H and O–H groups in total. The molecule has 1 rings (SSSR count). The molecule has 0 heterocycles. The summed E-state index contributed by atoms with van der Waals surface area (Å²) in [4.78, 5) is 0. The summed E-state index contributed by atoms with van der Waals surface area (Å²) < 4.78 is 0. The highest BCUT2D eigenvalue weighted by Gasteiger charge is 2.41. The Morgan fingerprint density at radius 1 is 1.46 bits per heavy atom. The Labute approximate surface area is 81.5 Å². The van der Waals surface area contributed by atoms with Gasteiger partial charge < -0.3 is 5.11 Å². The van der Waals surface area contributed by atoms with Crippen molar-refractivity contribution in [2.24, 2.45) is 17.8 Å². The second-order valence-corrected chi connectivity index (χ2v) is 4.81. The molecule has 3 atom stereocenters. The van der Waals surface area contributed by atoms with Crippen LogP contribution < -0.4 is 0 Å². The summed E-state index contributed by atoms with van der Waals surface area (Å²) >= 11 is 0. The first-order chi connectivity index (χ1) is 5.99. The molecule has 1 aliphatic rings. The predicted octanol–water partition coefficient (Wildman–Crippen LogP) is 2.44. The molecular weight excluding hydrogens is 160 g/mol. The van der Waals surface area contributed by atoms with Crippen molar-refractivity contribution < 1.29 is 5.11 Å². The molecule has 0 aromatic rings. The van der Waals surface area contributed by atoms with Gasteiger partial charge in [-0.1, -0.05) is 33.1 Å². The topological polar surface area (TPSA) is 20.2 Å². The van der Waals surface area contributed by atoms with E-state index in [1.165, 1.54) is 6.42 Å². The van der Waals surface area contributed by atoms with Crippen LogP contribution in [0.1, 0.15) is 40.0 Å². The van der Waals surface area contributed by atoms with Gasteiger partial charge >= 0.3 is 0 Å². The molecule has 0 aromatic heterocycles. The summed E-state index contributed by atoms with van der Waals surface area (Å²) in [5, 5.41) is 10.2. The molecule has 74 valence electrons. The van der Waals surface area contributed by atoms with E-state index in [1.54, 1.807) is 0 Å². The third-order valence-electron chi connectivity index (χ3n) is 3.30. The minimum absolute atomic E-state index is 0.286. The third kappa shape index (κ3) is 2.06. The lowest BCUT2D eigenvalue weighted by molar-refractivity contribution is -0.0325. The minimum Gasteiger partial charge on any atom is -0.377 e. The number of hydrogen-bond donors (Lipinski definition) is 1. The monoisotopic (exact) mass is 180 g/mol. The predicted molar refractivity (Wildman–Crippen MR) is 55.1 cm³/mol. The highest BCUT2D eigenvalue weighted by atomic mass is 16.3. The Hall–Kier alpha value is -0.480. The van der Waals surface area contributed by atoms with E-state index < -0.39 is 5.60 Å². The van der Waals surface area contributed by atoms with Crippen LogP contribution >= 0.6 is 0 Å². The zero-order valence-electron chi connectivity index (χ0n) is 8.88. The molecule has 1 nitrogen and oxygen atoms in total. The first-order valence-electron chi connectivity index (χ1n) is 5.19. The molecule has 13 heavy (non-hydrogen) atoms. The molecule has 0 bridgehead atoms. The Kier molecular flexibility index (Phi) is 3.03. The molecular formula is C12H20O. The molecule has 0 amide bonds. The highest BCUT2D eigenvalue weighted by molar-refractivity contribution is 5.13. The normalized spacial score (nSPS) is 40.3. The Balaban J connectivity index is 2.80. The van der Waals surface area contributed by atoms with Crippen molar-refractivity contribution >= 4 is 0 Å². The van der Waals surface area contributed by atoms with Crippen LogP contribution in [0.25, 0.3) is 0 Å². The number of terminal acetylenes is 1. The van der Waals surface area contributed by atoms with Gasteiger partial charge in [0.1, 0.15) is 5.60 Å². The largest absolute Gasteiger partial charge is 0.377 e. The van der Waals surface area contributed by atoms with E-state index in [2.05, 4.69) is 26.7 Å². The minimum atomic E-state index is -0.841. The standard InChI is InChI=1S/C12H20O/c1-5-12(13)8-10(4)6-7-11(12)9(2)3/h1,9-11,13H,6-8H2,2-4H3/t10-,11+,12+/m1/s1. The van der Waals surface area contributed by atoms with E-state index in [0.29, 0.717) is 11.8 Å². The Morgan fingerprint density at radius 2 is 2.08 bits per heavy atom. The lowest BCUT2D eigenvalue weighted by atomic mass is 9.67. The first-order valence-corrected chi connectivity index (χ1v) is 5.19. The van der Waals surface area contributed by atoms with Crippen LogP contribution in [0.3, 0.4) is 0 Å². The number of aliphatic hydroxyl groups is 1. The number of rotatable bonds is 1. The van der Waals surface area contributed by atoms with Gasteiger partial charge in [0.2, 0.25) is 0 Å². The smallest absolute Gasteiger partial charge is 0.128 e. The lowest BCUT2D eigenvalue weighted by Crippen LogP contribution is -2.44. The second-order valence-electron chi connectivity index (χ2n) is 4.81. The Bertz CT molecular complexity index is 214. The van der Waals surface area contributed by atoms with Crippen molar-refractivity contribution in [3.05, 3.63) is 0 Å². The Morgan fingerprint density at radius 3 is 2.54 bits per heavy atom. The lowest BCUT2D eigenvalue weighted by Gasteiger charge is -2.41. The van der Waals surface area contributed by atoms with Crippen molar-refractivity contribution in [3.63, 3.8) is 0 Å². The van der Waals surface area contributed by atoms with Crippen LogP contribution in [-0.2, 0) is 0 Å². The van der Waals surface area contributed by atoms with E-state index in [-0.39, 0.29) is 5.92 Å². The summed E-state index contributed by atoms with van der Waals surface area (Å²) in [6.07, 6.45) is 8.47. The van der Waals surface area contributed by atoms with Crippen LogP contribution in [0.2, 0.25) is 0 Å². The van der Waals surface area contributed by atoms with E-state index in [0.717, 1.165) is 12.8 Å². The maximum absolute atomic E-state index is 10.2. The van der Waals surface area contributed by atoms with Gasteiger partial charge in [-0.3, -0.25) is 0 Å². The second kappa shape index (κ2) is 3.72. The summed E-state index contributed by atoms with van der Waals surface area (Å²) in [7, 11) is 0. The van der Waals surface area contributed by atoms with Crippen molar-refractivity contribution in [3.8, 4) is 12.3 Å². The van der Waals surface area contributed by atoms with Gasteiger partial charge in [0.15, 0.2) is 0 Å². The molecule has 1 aliphatic carbocycles. The van der Waals surface area contributed by atoms with Gasteiger partial charge in [-0.25, -0.2) is 0 Å². The molecule has 0 saturated heterocycles. The average Bonchev–Trinajstić information content (AvgIpc) is 2.03. The molecule has 1 heteroatoms. The maximum atomic E-state index is 10.2. The van der Waals surface area contributed by atoms with Crippen LogP contribution in [0.15, 0.2) is 0 Å². The molecule has 0 aliphatic heterocycles. The van der Waals surface area contributed by atoms with Crippen molar-refractivity contribution in [1.82, 2.24) is 0 Å². The molecule has 1 fully saturated rings. The van der Waals surface area contributed by atoms with Crippen LogP contribution in [0.4, 0.5) is 0 Å². The van der Waals surface area contributed by atoms with Crippen LogP contribution in [0, 0.1) is 30.1 Å². The van der Waals surface area contributed by atoms with E-state index in [4.69, 9.17) is 6.42 Å². The van der Waals surface area contributed by atoms with Crippen molar-refractivity contribution in [1.29, 1.82) is 0 Å². The van der Waals surface area contributed by atoms with Gasteiger partial charge in [0, 0.05) is 5.92 Å². The van der Waals surface area contributed by atoms with E-state index in [9.17, 15) is 5.11 Å². The third-order valence-corrected chi connectivity index (χ3v) is 3.30. The summed E-state index contributed by atoms with van der Waals surface area (Å²) in [5.41, 5.74) is -0.841. The summed E-state index contributed by atoms with van der Waals surface area (Å²) in [6, 6.07) is 0. The SMILES string of the molecule is C#C[C@]1(O)C[C@H](C)CC[C@H]1C(C)C. The van der Waals surface area contributed by atoms with Gasteiger partial charge in [-0.2, -0.15) is 0 Å². The van der Waals surface area contributed by atoms with Crippen LogP contribution in [0.5, 0.6) is 0 Å². The quantitative estimate of drug-likeness (QED) is 0.614. The van der Waals surface area contributed by atoms with Crippen molar-refractivity contribution in [2.45, 2.75) is 45.6 Å². The van der Waals surface area contributed by atoms with Gasteiger partial charge in [-0.15, -0.1) is 6.42 Å². The van der Waals surface area contributed by atoms with E-state index >= 15 is 0 Å². The van der Waals surface area contributed by atoms with Gasteiger partial charge in [0.25, 0.3) is 0 Å². The van der Waals surface area contributed by atoms with Gasteiger partial charge in [-0.05, 0) is 24.7 Å². The van der Waals surface area contributed by atoms with Crippen molar-refractivity contribution in [2.75, 3.05) is 0 Å². The average molecular weight is 180 g/mol. The fourth-order valence-corrected chi connectivity index (χ4v) is 2.54. The summed E-state index contributed by atoms with van der Waals surface area (Å²) in [6.45, 7) is 6.45. The van der Waals surface area contributed by atoms with E-state index in [1.807, 2.05) is 0 Å². The molecule has 0 radical (unpaired) electrons. The molecule has 0 aromatic carbocycles. The molecule has 0 spiro atoms. The summed E-state index contributed by atoms with van der Waals surface area (Å²) in [5.74, 6) is 3.93. The number of hydrogen-bond acceptors (Lipinski definition) is 1. The van der Waals surface area contributed by atoms with Crippen LogP contribution in [-0.4, -0.2) is 10.7 Å². The fourth-order valence-electron chi connectivity index (χ4n) is 2.54. The first kappa shape index (κ1) is 10.6.